The van der Waals surface area contributed by atoms with Gasteiger partial charge in [0.05, 0.1) is 5.69 Å². The van der Waals surface area contributed by atoms with E-state index in [0.29, 0.717) is 0 Å². The van der Waals surface area contributed by atoms with E-state index in [2.05, 4.69) is 5.10 Å². The minimum absolute atomic E-state index is 1.06. The summed E-state index contributed by atoms with van der Waals surface area (Å²) in [5.41, 5.74) is 2.17. The second-order valence-electron chi connectivity index (χ2n) is 2.91. The van der Waals surface area contributed by atoms with E-state index in [1.165, 1.54) is 0 Å². The summed E-state index contributed by atoms with van der Waals surface area (Å²) in [4.78, 5) is 0. The van der Waals surface area contributed by atoms with Crippen LogP contribution < -0.4 is 5.01 Å². The van der Waals surface area contributed by atoms with Crippen LogP contribution in [0.2, 0.25) is 0 Å². The van der Waals surface area contributed by atoms with Crippen molar-refractivity contribution in [3.63, 3.8) is 0 Å². The molecule has 64 valence electrons. The Bertz CT molecular complexity index is 260. The Morgan fingerprint density at radius 2 is 1.75 bits per heavy atom. The molecule has 0 heterocycles. The van der Waals surface area contributed by atoms with Gasteiger partial charge in [0.2, 0.25) is 0 Å². The molecule has 0 spiro atoms. The van der Waals surface area contributed by atoms with E-state index in [1.807, 2.05) is 56.2 Å². The monoisotopic (exact) mass is 162 g/mol. The fourth-order valence-electron chi connectivity index (χ4n) is 1.00. The van der Waals surface area contributed by atoms with Crippen molar-refractivity contribution >= 4 is 11.4 Å². The van der Waals surface area contributed by atoms with Crippen LogP contribution in [0.5, 0.6) is 0 Å². The standard InChI is InChI=1S/C10H14N2/c1-9(2)11-12(3)10-7-5-4-6-8-10/h4-8H,1-3H3. The average Bonchev–Trinajstić information content (AvgIpc) is 2.05. The van der Waals surface area contributed by atoms with Gasteiger partial charge in [-0.1, -0.05) is 18.2 Å². The number of benzene rings is 1. The molecular formula is C10H14N2. The molecule has 0 atom stereocenters. The third-order valence-corrected chi connectivity index (χ3v) is 1.48. The molecule has 0 N–H and O–H groups in total. The Morgan fingerprint density at radius 1 is 1.17 bits per heavy atom. The highest BCUT2D eigenvalue weighted by molar-refractivity contribution is 5.80. The van der Waals surface area contributed by atoms with Crippen LogP contribution in [-0.2, 0) is 0 Å². The Morgan fingerprint density at radius 3 is 2.25 bits per heavy atom. The zero-order valence-corrected chi connectivity index (χ0v) is 7.78. The molecule has 12 heavy (non-hydrogen) atoms. The Labute approximate surface area is 73.5 Å². The van der Waals surface area contributed by atoms with Gasteiger partial charge in [0, 0.05) is 12.8 Å². The molecule has 0 aromatic heterocycles. The Hall–Kier alpha value is -1.31. The lowest BCUT2D eigenvalue weighted by molar-refractivity contribution is 1.01. The fourth-order valence-corrected chi connectivity index (χ4v) is 1.00. The number of anilines is 1. The minimum Gasteiger partial charge on any atom is -0.269 e. The molecule has 2 nitrogen and oxygen atoms in total. The molecule has 0 aliphatic heterocycles. The molecule has 2 heteroatoms. The van der Waals surface area contributed by atoms with E-state index >= 15 is 0 Å². The van der Waals surface area contributed by atoms with Gasteiger partial charge in [-0.15, -0.1) is 0 Å². The molecule has 1 aromatic carbocycles. The first-order valence-corrected chi connectivity index (χ1v) is 4.01. The molecule has 0 amide bonds. The van der Waals surface area contributed by atoms with Crippen LogP contribution in [-0.4, -0.2) is 12.8 Å². The lowest BCUT2D eigenvalue weighted by Gasteiger charge is -2.12. The molecule has 0 aliphatic rings. The Kier molecular flexibility index (Phi) is 2.86. The van der Waals surface area contributed by atoms with Crippen molar-refractivity contribution < 1.29 is 0 Å². The first-order valence-electron chi connectivity index (χ1n) is 4.01. The van der Waals surface area contributed by atoms with Gasteiger partial charge in [0.25, 0.3) is 0 Å². The summed E-state index contributed by atoms with van der Waals surface area (Å²) in [7, 11) is 1.95. The SMILES string of the molecule is CC(C)=NN(C)c1ccccc1. The van der Waals surface area contributed by atoms with Gasteiger partial charge in [-0.25, -0.2) is 0 Å². The molecule has 0 radical (unpaired) electrons. The number of nitrogens with zero attached hydrogens (tertiary/aromatic N) is 2. The van der Waals surface area contributed by atoms with Crippen molar-refractivity contribution in [2.45, 2.75) is 13.8 Å². The summed E-state index contributed by atoms with van der Waals surface area (Å²) < 4.78 is 0. The van der Waals surface area contributed by atoms with Crippen molar-refractivity contribution in [1.82, 2.24) is 0 Å². The molecule has 0 fully saturated rings. The second kappa shape index (κ2) is 3.90. The first kappa shape index (κ1) is 8.78. The first-order chi connectivity index (χ1) is 5.70. The van der Waals surface area contributed by atoms with E-state index in [9.17, 15) is 0 Å². The summed E-state index contributed by atoms with van der Waals surface area (Å²) in [6.07, 6.45) is 0. The molecule has 1 rings (SSSR count). The highest BCUT2D eigenvalue weighted by atomic mass is 15.4. The molecule has 0 saturated carbocycles. The molecule has 1 aromatic rings. The van der Waals surface area contributed by atoms with Gasteiger partial charge in [-0.05, 0) is 26.0 Å². The van der Waals surface area contributed by atoms with Crippen LogP contribution >= 0.6 is 0 Å². The zero-order chi connectivity index (χ0) is 8.97. The van der Waals surface area contributed by atoms with Crippen LogP contribution in [0.15, 0.2) is 35.4 Å². The van der Waals surface area contributed by atoms with Gasteiger partial charge in [0.1, 0.15) is 0 Å². The smallest absolute Gasteiger partial charge is 0.0590 e. The van der Waals surface area contributed by atoms with Gasteiger partial charge in [0.15, 0.2) is 0 Å². The van der Waals surface area contributed by atoms with Crippen LogP contribution in [0.4, 0.5) is 5.69 Å². The van der Waals surface area contributed by atoms with Gasteiger partial charge < -0.3 is 0 Å². The molecule has 0 saturated heterocycles. The number of hydrogen-bond donors (Lipinski definition) is 0. The lowest BCUT2D eigenvalue weighted by Crippen LogP contribution is -2.09. The average molecular weight is 162 g/mol. The van der Waals surface area contributed by atoms with Crippen LogP contribution in [0, 0.1) is 0 Å². The van der Waals surface area contributed by atoms with E-state index in [1.54, 1.807) is 0 Å². The summed E-state index contributed by atoms with van der Waals surface area (Å²) in [6.45, 7) is 3.97. The number of para-hydroxylation sites is 1. The van der Waals surface area contributed by atoms with E-state index in [4.69, 9.17) is 0 Å². The maximum atomic E-state index is 4.30. The quantitative estimate of drug-likeness (QED) is 0.482. The predicted octanol–water partition coefficient (Wildman–Crippen LogP) is 2.52. The molecule has 0 unspecified atom stereocenters. The fraction of sp³-hybridized carbons (Fsp3) is 0.300. The topological polar surface area (TPSA) is 15.6 Å². The van der Waals surface area contributed by atoms with Crippen molar-refractivity contribution in [3.8, 4) is 0 Å². The lowest BCUT2D eigenvalue weighted by atomic mass is 10.3. The molecule has 0 bridgehead atoms. The maximum Gasteiger partial charge on any atom is 0.0590 e. The van der Waals surface area contributed by atoms with Gasteiger partial charge in [-0.3, -0.25) is 5.01 Å². The highest BCUT2D eigenvalue weighted by Gasteiger charge is 1.94. The maximum absolute atomic E-state index is 4.30. The van der Waals surface area contributed by atoms with Crippen molar-refractivity contribution in [2.75, 3.05) is 12.1 Å². The highest BCUT2D eigenvalue weighted by Crippen LogP contribution is 2.10. The normalized spacial score (nSPS) is 9.25. The molecular weight excluding hydrogens is 148 g/mol. The van der Waals surface area contributed by atoms with Gasteiger partial charge in [-0.2, -0.15) is 5.10 Å². The van der Waals surface area contributed by atoms with Crippen LogP contribution in [0.3, 0.4) is 0 Å². The predicted molar refractivity (Wildman–Crippen MR) is 53.6 cm³/mol. The molecule has 0 aliphatic carbocycles. The number of rotatable bonds is 2. The third-order valence-electron chi connectivity index (χ3n) is 1.48. The number of hydrogen-bond acceptors (Lipinski definition) is 2. The number of hydrazone groups is 1. The summed E-state index contributed by atoms with van der Waals surface area (Å²) in [5, 5.41) is 6.17. The van der Waals surface area contributed by atoms with Crippen molar-refractivity contribution in [1.29, 1.82) is 0 Å². The van der Waals surface area contributed by atoms with E-state index in [-0.39, 0.29) is 0 Å². The summed E-state index contributed by atoms with van der Waals surface area (Å²) in [6, 6.07) is 10.1. The van der Waals surface area contributed by atoms with E-state index < -0.39 is 0 Å². The van der Waals surface area contributed by atoms with Crippen molar-refractivity contribution in [2.24, 2.45) is 5.10 Å². The van der Waals surface area contributed by atoms with Gasteiger partial charge >= 0.3 is 0 Å². The van der Waals surface area contributed by atoms with E-state index in [0.717, 1.165) is 11.4 Å². The summed E-state index contributed by atoms with van der Waals surface area (Å²) in [5.74, 6) is 0. The van der Waals surface area contributed by atoms with Crippen molar-refractivity contribution in [3.05, 3.63) is 30.3 Å². The summed E-state index contributed by atoms with van der Waals surface area (Å²) >= 11 is 0. The minimum atomic E-state index is 1.06. The third kappa shape index (κ3) is 2.38. The Balaban J connectivity index is 2.79. The van der Waals surface area contributed by atoms with Crippen LogP contribution in [0.1, 0.15) is 13.8 Å². The van der Waals surface area contributed by atoms with Crippen LogP contribution in [0.25, 0.3) is 0 Å². The second-order valence-corrected chi connectivity index (χ2v) is 2.91. The zero-order valence-electron chi connectivity index (χ0n) is 7.78. The largest absolute Gasteiger partial charge is 0.269 e.